The van der Waals surface area contributed by atoms with Crippen molar-refractivity contribution in [2.24, 2.45) is 5.41 Å². The Morgan fingerprint density at radius 2 is 2.00 bits per heavy atom. The monoisotopic (exact) mass is 316 g/mol. The summed E-state index contributed by atoms with van der Waals surface area (Å²) in [6.45, 7) is 4.62. The molecule has 0 atom stereocenters. The molecule has 1 aromatic heterocycles. The molecular formula is C15H19F3N2O2. The van der Waals surface area contributed by atoms with E-state index in [9.17, 15) is 13.2 Å². The topological polar surface area (TPSA) is 76.2 Å². The van der Waals surface area contributed by atoms with E-state index in [0.29, 0.717) is 5.41 Å². The molecule has 22 heavy (non-hydrogen) atoms. The minimum Gasteiger partial charge on any atom is -0.475 e. The lowest BCUT2D eigenvalue weighted by molar-refractivity contribution is -0.192. The summed E-state index contributed by atoms with van der Waals surface area (Å²) in [7, 11) is 0. The number of hydrogen-bond acceptors (Lipinski definition) is 3. The molecule has 0 unspecified atom stereocenters. The van der Waals surface area contributed by atoms with Crippen LogP contribution in [0.15, 0.2) is 24.4 Å². The predicted molar refractivity (Wildman–Crippen MR) is 77.9 cm³/mol. The van der Waals surface area contributed by atoms with Gasteiger partial charge in [0.25, 0.3) is 0 Å². The molecule has 0 aromatic carbocycles. The Kier molecular flexibility index (Phi) is 5.57. The van der Waals surface area contributed by atoms with Crippen LogP contribution in [-0.2, 0) is 4.79 Å². The zero-order valence-corrected chi connectivity index (χ0v) is 12.4. The van der Waals surface area contributed by atoms with Gasteiger partial charge in [-0.15, -0.1) is 0 Å². The Labute approximate surface area is 126 Å². The third-order valence-corrected chi connectivity index (χ3v) is 3.36. The Bertz CT molecular complexity index is 566. The third kappa shape index (κ3) is 5.38. The van der Waals surface area contributed by atoms with E-state index >= 15 is 0 Å². The molecule has 7 heteroatoms. The van der Waals surface area contributed by atoms with Crippen molar-refractivity contribution in [2.75, 3.05) is 5.73 Å². The summed E-state index contributed by atoms with van der Waals surface area (Å²) in [5.74, 6) is -2.76. The van der Waals surface area contributed by atoms with Crippen LogP contribution in [0.1, 0.15) is 38.8 Å². The van der Waals surface area contributed by atoms with Gasteiger partial charge in [0.2, 0.25) is 0 Å². The van der Waals surface area contributed by atoms with Gasteiger partial charge in [-0.2, -0.15) is 13.2 Å². The summed E-state index contributed by atoms with van der Waals surface area (Å²) in [5, 5.41) is 7.12. The number of carboxylic acid groups (broad SMARTS) is 1. The fraction of sp³-hybridized carbons (Fsp3) is 0.467. The number of allylic oxidation sites excluding steroid dienone is 2. The number of nitrogens with two attached hydrogens (primary N) is 1. The molecule has 0 saturated heterocycles. The van der Waals surface area contributed by atoms with E-state index in [0.717, 1.165) is 24.2 Å². The molecule has 1 heterocycles. The molecule has 0 fully saturated rings. The number of pyridine rings is 1. The first kappa shape index (κ1) is 18.0. The molecular weight excluding hydrogens is 297 g/mol. The average molecular weight is 316 g/mol. The first-order valence-electron chi connectivity index (χ1n) is 6.73. The number of carbonyl (C=O) groups is 1. The molecule has 0 amide bonds. The number of halogens is 3. The van der Waals surface area contributed by atoms with Gasteiger partial charge in [0, 0.05) is 6.20 Å². The molecule has 0 saturated carbocycles. The van der Waals surface area contributed by atoms with Crippen molar-refractivity contribution >= 4 is 17.2 Å². The zero-order valence-electron chi connectivity index (χ0n) is 12.4. The van der Waals surface area contributed by atoms with Gasteiger partial charge in [-0.25, -0.2) is 4.79 Å². The van der Waals surface area contributed by atoms with Gasteiger partial charge in [-0.05, 0) is 42.4 Å². The Morgan fingerprint density at radius 3 is 2.41 bits per heavy atom. The van der Waals surface area contributed by atoms with E-state index in [1.54, 1.807) is 0 Å². The van der Waals surface area contributed by atoms with Crippen LogP contribution in [0.4, 0.5) is 18.9 Å². The van der Waals surface area contributed by atoms with Gasteiger partial charge in [-0.1, -0.05) is 19.9 Å². The molecule has 2 rings (SSSR count). The Morgan fingerprint density at radius 1 is 1.41 bits per heavy atom. The van der Waals surface area contributed by atoms with Crippen molar-refractivity contribution in [1.29, 1.82) is 0 Å². The highest BCUT2D eigenvalue weighted by Gasteiger charge is 2.38. The maximum atomic E-state index is 10.6. The van der Waals surface area contributed by atoms with Crippen LogP contribution in [0, 0.1) is 5.41 Å². The fourth-order valence-electron chi connectivity index (χ4n) is 1.98. The Hall–Kier alpha value is -2.05. The molecule has 1 aromatic rings. The highest BCUT2D eigenvalue weighted by atomic mass is 19.4. The molecule has 1 aliphatic rings. The van der Waals surface area contributed by atoms with E-state index in [1.165, 1.54) is 12.0 Å². The lowest BCUT2D eigenvalue weighted by Gasteiger charge is -2.28. The van der Waals surface area contributed by atoms with Crippen molar-refractivity contribution in [1.82, 2.24) is 4.98 Å². The van der Waals surface area contributed by atoms with Gasteiger partial charge in [0.1, 0.15) is 0 Å². The van der Waals surface area contributed by atoms with Gasteiger partial charge in [-0.3, -0.25) is 4.98 Å². The zero-order chi connectivity index (χ0) is 17.0. The van der Waals surface area contributed by atoms with Crippen molar-refractivity contribution < 1.29 is 23.1 Å². The molecule has 4 nitrogen and oxygen atoms in total. The smallest absolute Gasteiger partial charge is 0.475 e. The molecule has 0 spiro atoms. The summed E-state index contributed by atoms with van der Waals surface area (Å²) in [6.07, 6.45) is 2.45. The van der Waals surface area contributed by atoms with Crippen LogP contribution < -0.4 is 5.73 Å². The number of carboxylic acids is 1. The second-order valence-electron chi connectivity index (χ2n) is 5.84. The standard InChI is InChI=1S/C13H18N2.C2HF3O2/c1-13(2)7-5-10(6-8-13)12-11(14)4-3-9-15-12;3-2(4,5)1(6)7/h3-5,9H,6-8,14H2,1-2H3;(H,6,7). The van der Waals surface area contributed by atoms with Crippen LogP contribution in [0.5, 0.6) is 0 Å². The van der Waals surface area contributed by atoms with Crippen molar-refractivity contribution in [3.63, 3.8) is 0 Å². The summed E-state index contributed by atoms with van der Waals surface area (Å²) < 4.78 is 31.7. The summed E-state index contributed by atoms with van der Waals surface area (Å²) >= 11 is 0. The highest BCUT2D eigenvalue weighted by molar-refractivity contribution is 5.73. The van der Waals surface area contributed by atoms with Gasteiger partial charge >= 0.3 is 12.1 Å². The molecule has 1 aliphatic carbocycles. The number of hydrogen-bond donors (Lipinski definition) is 2. The van der Waals surface area contributed by atoms with E-state index < -0.39 is 12.1 Å². The maximum absolute atomic E-state index is 10.6. The number of nitrogen functional groups attached to an aromatic ring is 1. The molecule has 0 bridgehead atoms. The number of alkyl halides is 3. The SMILES string of the molecule is CC1(C)CC=C(c2ncccc2N)CC1.O=C(O)C(F)(F)F. The van der Waals surface area contributed by atoms with E-state index in [4.69, 9.17) is 15.6 Å². The largest absolute Gasteiger partial charge is 0.490 e. The summed E-state index contributed by atoms with van der Waals surface area (Å²) in [6, 6.07) is 3.80. The van der Waals surface area contributed by atoms with Crippen molar-refractivity contribution in [3.8, 4) is 0 Å². The summed E-state index contributed by atoms with van der Waals surface area (Å²) in [5.41, 5.74) is 9.44. The van der Waals surface area contributed by atoms with Crippen molar-refractivity contribution in [3.05, 3.63) is 30.1 Å². The van der Waals surface area contributed by atoms with Crippen LogP contribution in [-0.4, -0.2) is 22.2 Å². The van der Waals surface area contributed by atoms with E-state index in [-0.39, 0.29) is 0 Å². The summed E-state index contributed by atoms with van der Waals surface area (Å²) in [4.78, 5) is 13.3. The van der Waals surface area contributed by atoms with Gasteiger partial charge in [0.15, 0.2) is 0 Å². The quantitative estimate of drug-likeness (QED) is 0.824. The van der Waals surface area contributed by atoms with Crippen LogP contribution in [0.25, 0.3) is 5.57 Å². The number of aliphatic carboxylic acids is 1. The third-order valence-electron chi connectivity index (χ3n) is 3.36. The lowest BCUT2D eigenvalue weighted by Crippen LogP contribution is -2.21. The maximum Gasteiger partial charge on any atom is 0.490 e. The van der Waals surface area contributed by atoms with Crippen molar-refractivity contribution in [2.45, 2.75) is 39.3 Å². The van der Waals surface area contributed by atoms with E-state index in [1.807, 2.05) is 18.3 Å². The fourth-order valence-corrected chi connectivity index (χ4v) is 1.98. The van der Waals surface area contributed by atoms with E-state index in [2.05, 4.69) is 24.9 Å². The first-order chi connectivity index (χ1) is 10.0. The Balaban J connectivity index is 0.000000295. The molecule has 3 N–H and O–H groups in total. The normalized spacial score (nSPS) is 17.0. The average Bonchev–Trinajstić information content (AvgIpc) is 2.39. The lowest BCUT2D eigenvalue weighted by atomic mass is 9.77. The number of anilines is 1. The second-order valence-corrected chi connectivity index (χ2v) is 5.84. The van der Waals surface area contributed by atoms with Gasteiger partial charge < -0.3 is 10.8 Å². The molecule has 0 radical (unpaired) electrons. The second kappa shape index (κ2) is 6.81. The van der Waals surface area contributed by atoms with Crippen LogP contribution in [0.2, 0.25) is 0 Å². The minimum atomic E-state index is -5.08. The first-order valence-corrected chi connectivity index (χ1v) is 6.73. The number of rotatable bonds is 1. The van der Waals surface area contributed by atoms with Crippen LogP contribution in [0.3, 0.4) is 0 Å². The molecule has 122 valence electrons. The van der Waals surface area contributed by atoms with Gasteiger partial charge in [0.05, 0.1) is 11.4 Å². The number of aromatic nitrogens is 1. The molecule has 0 aliphatic heterocycles. The highest BCUT2D eigenvalue weighted by Crippen LogP contribution is 2.38. The van der Waals surface area contributed by atoms with Crippen LogP contribution >= 0.6 is 0 Å². The minimum absolute atomic E-state index is 0.438. The predicted octanol–water partition coefficient (Wildman–Crippen LogP) is 3.89. The number of nitrogens with zero attached hydrogens (tertiary/aromatic N) is 1.